The van der Waals surface area contributed by atoms with Crippen LogP contribution < -0.4 is 4.74 Å². The number of para-hydroxylation sites is 1. The Balaban J connectivity index is 0.000000342. The number of aryl methyl sites for hydroxylation is 3. The number of ether oxygens (including phenoxy) is 1. The predicted octanol–water partition coefficient (Wildman–Crippen LogP) is 5.84. The Morgan fingerprint density at radius 3 is 1.52 bits per heavy atom. The summed E-state index contributed by atoms with van der Waals surface area (Å²) in [5, 5.41) is 0. The maximum atomic E-state index is 5.04. The van der Waals surface area contributed by atoms with E-state index >= 15 is 0 Å². The lowest BCUT2D eigenvalue weighted by molar-refractivity contribution is 0.411. The molecule has 0 aliphatic heterocycles. The van der Waals surface area contributed by atoms with Gasteiger partial charge in [-0.2, -0.15) is 0 Å². The van der Waals surface area contributed by atoms with Gasteiger partial charge in [-0.3, -0.25) is 0 Å². The third-order valence-electron chi connectivity index (χ3n) is 3.19. The van der Waals surface area contributed by atoms with Gasteiger partial charge >= 0.3 is 0 Å². The van der Waals surface area contributed by atoms with E-state index in [1.54, 1.807) is 7.11 Å². The second-order valence-electron chi connectivity index (χ2n) is 4.45. The van der Waals surface area contributed by atoms with Crippen LogP contribution in [0.25, 0.3) is 0 Å². The van der Waals surface area contributed by atoms with E-state index in [2.05, 4.69) is 38.1 Å². The topological polar surface area (TPSA) is 9.23 Å². The van der Waals surface area contributed by atoms with Crippen LogP contribution in [0.4, 0.5) is 0 Å². The molecule has 0 atom stereocenters. The molecule has 2 aromatic rings. The van der Waals surface area contributed by atoms with E-state index in [4.69, 9.17) is 4.74 Å². The summed E-state index contributed by atoms with van der Waals surface area (Å²) in [4.78, 5) is 0. The molecule has 0 N–H and O–H groups in total. The Labute approximate surface area is 131 Å². The Kier molecular flexibility index (Phi) is 11.0. The highest BCUT2D eigenvalue weighted by Crippen LogP contribution is 2.14. The first-order valence-corrected chi connectivity index (χ1v) is 7.89. The first-order valence-electron chi connectivity index (χ1n) is 7.89. The second kappa shape index (κ2) is 12.0. The fourth-order valence-electron chi connectivity index (χ4n) is 2.03. The quantitative estimate of drug-likeness (QED) is 0.688. The van der Waals surface area contributed by atoms with Gasteiger partial charge in [0.1, 0.15) is 5.75 Å². The van der Waals surface area contributed by atoms with Crippen LogP contribution in [0.5, 0.6) is 5.75 Å². The molecule has 2 aromatic carbocycles. The average molecular weight is 286 g/mol. The summed E-state index contributed by atoms with van der Waals surface area (Å²) in [5.74, 6) is 0.956. The number of hydrogen-bond donors (Lipinski definition) is 0. The van der Waals surface area contributed by atoms with Gasteiger partial charge in [0.05, 0.1) is 7.11 Å². The molecule has 0 fully saturated rings. The van der Waals surface area contributed by atoms with E-state index in [9.17, 15) is 0 Å². The van der Waals surface area contributed by atoms with Gasteiger partial charge in [0.15, 0.2) is 0 Å². The van der Waals surface area contributed by atoms with Crippen molar-refractivity contribution in [2.75, 3.05) is 7.11 Å². The van der Waals surface area contributed by atoms with Gasteiger partial charge in [-0.25, -0.2) is 0 Å². The molecule has 0 saturated carbocycles. The zero-order valence-electron chi connectivity index (χ0n) is 14.4. The molecule has 0 saturated heterocycles. The number of rotatable bonds is 3. The SMILES string of the molecule is CC.CCc1ccccc1CC.COc1ccccc1C. The molecular formula is C20H30O. The van der Waals surface area contributed by atoms with E-state index in [1.165, 1.54) is 16.7 Å². The summed E-state index contributed by atoms with van der Waals surface area (Å²) in [7, 11) is 1.68. The van der Waals surface area contributed by atoms with Gasteiger partial charge < -0.3 is 4.74 Å². The summed E-state index contributed by atoms with van der Waals surface area (Å²) < 4.78 is 5.04. The average Bonchev–Trinajstić information content (AvgIpc) is 2.57. The standard InChI is InChI=1S/C10H14.C8H10O.C2H6/c1-3-9-7-5-6-8-10(9)4-2;1-7-5-3-4-6-8(7)9-2;1-2/h5-8H,3-4H2,1-2H3;3-6H,1-2H3;1-2H3. The van der Waals surface area contributed by atoms with Gasteiger partial charge in [-0.05, 0) is 42.5 Å². The van der Waals surface area contributed by atoms with E-state index in [1.807, 2.05) is 45.0 Å². The van der Waals surface area contributed by atoms with Crippen LogP contribution >= 0.6 is 0 Å². The highest BCUT2D eigenvalue weighted by Gasteiger charge is 1.94. The first-order chi connectivity index (χ1) is 10.2. The summed E-state index contributed by atoms with van der Waals surface area (Å²) in [6.07, 6.45) is 2.31. The molecule has 116 valence electrons. The van der Waals surface area contributed by atoms with Crippen LogP contribution in [0.1, 0.15) is 44.4 Å². The third-order valence-corrected chi connectivity index (χ3v) is 3.19. The smallest absolute Gasteiger partial charge is 0.121 e. The Morgan fingerprint density at radius 1 is 0.762 bits per heavy atom. The number of benzene rings is 2. The molecule has 2 rings (SSSR count). The molecule has 0 amide bonds. The van der Waals surface area contributed by atoms with Crippen LogP contribution in [0.2, 0.25) is 0 Å². The van der Waals surface area contributed by atoms with Crippen molar-refractivity contribution >= 4 is 0 Å². The summed E-state index contributed by atoms with van der Waals surface area (Å²) >= 11 is 0. The van der Waals surface area contributed by atoms with Crippen molar-refractivity contribution in [3.63, 3.8) is 0 Å². The molecule has 0 spiro atoms. The van der Waals surface area contributed by atoms with Crippen molar-refractivity contribution in [2.24, 2.45) is 0 Å². The third kappa shape index (κ3) is 6.99. The van der Waals surface area contributed by atoms with Crippen LogP contribution in [0, 0.1) is 6.92 Å². The lowest BCUT2D eigenvalue weighted by atomic mass is 10.0. The van der Waals surface area contributed by atoms with Crippen LogP contribution in [0.15, 0.2) is 48.5 Å². The van der Waals surface area contributed by atoms with E-state index in [-0.39, 0.29) is 0 Å². The summed E-state index contributed by atoms with van der Waals surface area (Å²) in [6.45, 7) is 10.4. The van der Waals surface area contributed by atoms with E-state index < -0.39 is 0 Å². The number of hydrogen-bond acceptors (Lipinski definition) is 1. The fourth-order valence-corrected chi connectivity index (χ4v) is 2.03. The Bertz CT molecular complexity index is 466. The van der Waals surface area contributed by atoms with Crippen molar-refractivity contribution in [1.82, 2.24) is 0 Å². The van der Waals surface area contributed by atoms with Crippen molar-refractivity contribution in [2.45, 2.75) is 47.5 Å². The minimum Gasteiger partial charge on any atom is -0.496 e. The maximum absolute atomic E-state index is 5.04. The Hall–Kier alpha value is -1.76. The molecular weight excluding hydrogens is 256 g/mol. The van der Waals surface area contributed by atoms with Gasteiger partial charge in [0, 0.05) is 0 Å². The highest BCUT2D eigenvalue weighted by atomic mass is 16.5. The fraction of sp³-hybridized carbons (Fsp3) is 0.400. The molecule has 0 aliphatic rings. The van der Waals surface area contributed by atoms with E-state index in [0.717, 1.165) is 18.6 Å². The molecule has 21 heavy (non-hydrogen) atoms. The van der Waals surface area contributed by atoms with Crippen LogP contribution in [-0.4, -0.2) is 7.11 Å². The van der Waals surface area contributed by atoms with Crippen molar-refractivity contribution in [3.05, 3.63) is 65.2 Å². The Morgan fingerprint density at radius 2 is 1.19 bits per heavy atom. The minimum absolute atomic E-state index is 0.956. The molecule has 0 aromatic heterocycles. The predicted molar refractivity (Wildman–Crippen MR) is 94.3 cm³/mol. The normalized spacial score (nSPS) is 8.86. The first kappa shape index (κ1) is 19.2. The highest BCUT2D eigenvalue weighted by molar-refractivity contribution is 5.31. The molecule has 0 radical (unpaired) electrons. The van der Waals surface area contributed by atoms with Crippen LogP contribution in [0.3, 0.4) is 0 Å². The van der Waals surface area contributed by atoms with Gasteiger partial charge in [-0.15, -0.1) is 0 Å². The summed E-state index contributed by atoms with van der Waals surface area (Å²) in [5.41, 5.74) is 4.16. The van der Waals surface area contributed by atoms with Crippen molar-refractivity contribution in [1.29, 1.82) is 0 Å². The van der Waals surface area contributed by atoms with Crippen molar-refractivity contribution in [3.8, 4) is 5.75 Å². The molecule has 0 bridgehead atoms. The van der Waals surface area contributed by atoms with E-state index in [0.29, 0.717) is 0 Å². The molecule has 1 heteroatoms. The maximum Gasteiger partial charge on any atom is 0.121 e. The lowest BCUT2D eigenvalue weighted by Gasteiger charge is -2.02. The second-order valence-corrected chi connectivity index (χ2v) is 4.45. The molecule has 0 heterocycles. The van der Waals surface area contributed by atoms with Crippen molar-refractivity contribution < 1.29 is 4.74 Å². The van der Waals surface area contributed by atoms with Gasteiger partial charge in [-0.1, -0.05) is 70.2 Å². The molecule has 0 aliphatic carbocycles. The molecule has 0 unspecified atom stereocenters. The zero-order valence-corrected chi connectivity index (χ0v) is 14.4. The number of methoxy groups -OCH3 is 1. The monoisotopic (exact) mass is 286 g/mol. The van der Waals surface area contributed by atoms with Gasteiger partial charge in [0.2, 0.25) is 0 Å². The zero-order chi connectivity index (χ0) is 16.1. The minimum atomic E-state index is 0.956. The molecule has 1 nitrogen and oxygen atoms in total. The van der Waals surface area contributed by atoms with Crippen LogP contribution in [-0.2, 0) is 12.8 Å². The summed E-state index contributed by atoms with van der Waals surface area (Å²) in [6, 6.07) is 16.6. The largest absolute Gasteiger partial charge is 0.496 e. The lowest BCUT2D eigenvalue weighted by Crippen LogP contribution is -1.88. The van der Waals surface area contributed by atoms with Gasteiger partial charge in [0.25, 0.3) is 0 Å².